The van der Waals surface area contributed by atoms with Gasteiger partial charge in [0.25, 0.3) is 0 Å². The molecule has 0 spiro atoms. The van der Waals surface area contributed by atoms with Crippen molar-refractivity contribution in [2.24, 2.45) is 5.73 Å². The number of methoxy groups -OCH3 is 1. The number of amides is 1. The molecule has 0 radical (unpaired) electrons. The molecular formula is C12H18N2O3. The largest absolute Gasteiger partial charge is 0.491 e. The van der Waals surface area contributed by atoms with Gasteiger partial charge in [0, 0.05) is 12.8 Å². The molecule has 0 aliphatic heterocycles. The summed E-state index contributed by atoms with van der Waals surface area (Å²) in [6, 6.07) is 6.58. The monoisotopic (exact) mass is 238 g/mol. The first-order chi connectivity index (χ1) is 8.13. The van der Waals surface area contributed by atoms with Gasteiger partial charge in [-0.25, -0.2) is 0 Å². The van der Waals surface area contributed by atoms with Gasteiger partial charge in [0.2, 0.25) is 5.91 Å². The molecule has 5 heteroatoms. The molecule has 0 saturated heterocycles. The van der Waals surface area contributed by atoms with E-state index in [1.165, 1.54) is 0 Å². The lowest BCUT2D eigenvalue weighted by Gasteiger charge is -2.09. The molecule has 0 bridgehead atoms. The molecule has 94 valence electrons. The summed E-state index contributed by atoms with van der Waals surface area (Å²) >= 11 is 0. The van der Waals surface area contributed by atoms with Crippen LogP contribution in [0.2, 0.25) is 0 Å². The molecule has 5 nitrogen and oxygen atoms in total. The number of ether oxygens (including phenoxy) is 2. The molecular weight excluding hydrogens is 220 g/mol. The van der Waals surface area contributed by atoms with Crippen molar-refractivity contribution in [1.82, 2.24) is 0 Å². The molecule has 1 aromatic carbocycles. The van der Waals surface area contributed by atoms with Gasteiger partial charge in [0.05, 0.1) is 12.6 Å². The zero-order valence-electron chi connectivity index (χ0n) is 10.1. The number of anilines is 1. The van der Waals surface area contributed by atoms with E-state index in [4.69, 9.17) is 15.2 Å². The summed E-state index contributed by atoms with van der Waals surface area (Å²) < 4.78 is 10.3. The second-order valence-electron chi connectivity index (χ2n) is 3.64. The summed E-state index contributed by atoms with van der Waals surface area (Å²) in [4.78, 5) is 11.3. The van der Waals surface area contributed by atoms with Gasteiger partial charge in [-0.1, -0.05) is 0 Å². The number of rotatable bonds is 6. The molecule has 1 unspecified atom stereocenters. The van der Waals surface area contributed by atoms with Gasteiger partial charge < -0.3 is 20.5 Å². The topological polar surface area (TPSA) is 73.6 Å². The minimum Gasteiger partial charge on any atom is -0.491 e. The van der Waals surface area contributed by atoms with E-state index >= 15 is 0 Å². The van der Waals surface area contributed by atoms with Gasteiger partial charge in [0.15, 0.2) is 0 Å². The minimum absolute atomic E-state index is 0.210. The van der Waals surface area contributed by atoms with E-state index in [-0.39, 0.29) is 5.91 Å². The highest BCUT2D eigenvalue weighted by Crippen LogP contribution is 2.15. The number of benzene rings is 1. The lowest BCUT2D eigenvalue weighted by Crippen LogP contribution is -2.32. The zero-order chi connectivity index (χ0) is 12.7. The standard InChI is InChI=1S/C12H18N2O3/c1-9(13)12(15)14-10-3-5-11(6-4-10)17-8-7-16-2/h3-6,9H,7-8,13H2,1-2H3,(H,14,15). The summed E-state index contributed by atoms with van der Waals surface area (Å²) in [5.74, 6) is 0.527. The third-order valence-electron chi connectivity index (χ3n) is 2.09. The van der Waals surface area contributed by atoms with Crippen molar-refractivity contribution < 1.29 is 14.3 Å². The fourth-order valence-electron chi connectivity index (χ4n) is 1.13. The Balaban J connectivity index is 2.47. The van der Waals surface area contributed by atoms with Crippen molar-refractivity contribution in [3.63, 3.8) is 0 Å². The zero-order valence-corrected chi connectivity index (χ0v) is 10.1. The average molecular weight is 238 g/mol. The van der Waals surface area contributed by atoms with Crippen LogP contribution >= 0.6 is 0 Å². The molecule has 0 aliphatic carbocycles. The number of hydrogen-bond donors (Lipinski definition) is 2. The quantitative estimate of drug-likeness (QED) is 0.725. The number of carbonyl (C=O) groups excluding carboxylic acids is 1. The first-order valence-corrected chi connectivity index (χ1v) is 5.41. The highest BCUT2D eigenvalue weighted by molar-refractivity contribution is 5.94. The van der Waals surface area contributed by atoms with E-state index in [0.717, 1.165) is 5.75 Å². The fraction of sp³-hybridized carbons (Fsp3) is 0.417. The first-order valence-electron chi connectivity index (χ1n) is 5.41. The molecule has 1 atom stereocenters. The summed E-state index contributed by atoms with van der Waals surface area (Å²) in [6.07, 6.45) is 0. The second kappa shape index (κ2) is 6.88. The third-order valence-corrected chi connectivity index (χ3v) is 2.09. The molecule has 17 heavy (non-hydrogen) atoms. The molecule has 1 aromatic rings. The van der Waals surface area contributed by atoms with Gasteiger partial charge in [-0.2, -0.15) is 0 Å². The van der Waals surface area contributed by atoms with Gasteiger partial charge in [-0.05, 0) is 31.2 Å². The maximum atomic E-state index is 11.3. The first kappa shape index (κ1) is 13.5. The SMILES string of the molecule is COCCOc1ccc(NC(=O)C(C)N)cc1. The third kappa shape index (κ3) is 4.84. The fourth-order valence-corrected chi connectivity index (χ4v) is 1.13. The van der Waals surface area contributed by atoms with E-state index in [2.05, 4.69) is 5.32 Å². The second-order valence-corrected chi connectivity index (χ2v) is 3.64. The Morgan fingerprint density at radius 1 is 1.35 bits per heavy atom. The van der Waals surface area contributed by atoms with Crippen LogP contribution < -0.4 is 15.8 Å². The van der Waals surface area contributed by atoms with Gasteiger partial charge in [-0.3, -0.25) is 4.79 Å². The molecule has 3 N–H and O–H groups in total. The minimum atomic E-state index is -0.521. The molecule has 0 aliphatic rings. The summed E-state index contributed by atoms with van der Waals surface area (Å²) in [6.45, 7) is 2.68. The molecule has 1 rings (SSSR count). The van der Waals surface area contributed by atoms with E-state index < -0.39 is 6.04 Å². The maximum Gasteiger partial charge on any atom is 0.240 e. The van der Waals surface area contributed by atoms with Gasteiger partial charge in [-0.15, -0.1) is 0 Å². The van der Waals surface area contributed by atoms with Crippen LogP contribution in [0.4, 0.5) is 5.69 Å². The number of nitrogens with two attached hydrogens (primary N) is 1. The van der Waals surface area contributed by atoms with Crippen LogP contribution in [0.15, 0.2) is 24.3 Å². The molecule has 0 aromatic heterocycles. The highest BCUT2D eigenvalue weighted by atomic mass is 16.5. The van der Waals surface area contributed by atoms with Crippen molar-refractivity contribution in [1.29, 1.82) is 0 Å². The number of carbonyl (C=O) groups is 1. The van der Waals surface area contributed by atoms with E-state index in [9.17, 15) is 4.79 Å². The predicted octanol–water partition coefficient (Wildman–Crippen LogP) is 0.998. The summed E-state index contributed by atoms with van der Waals surface area (Å²) in [5, 5.41) is 2.69. The van der Waals surface area contributed by atoms with E-state index in [1.807, 2.05) is 0 Å². The van der Waals surface area contributed by atoms with Crippen LogP contribution in [0.1, 0.15) is 6.92 Å². The summed E-state index contributed by atoms with van der Waals surface area (Å²) in [5.41, 5.74) is 6.14. The Hall–Kier alpha value is -1.59. The molecule has 0 fully saturated rings. The van der Waals surface area contributed by atoms with Crippen molar-refractivity contribution in [2.45, 2.75) is 13.0 Å². The van der Waals surface area contributed by atoms with Crippen LogP contribution in [0.25, 0.3) is 0 Å². The smallest absolute Gasteiger partial charge is 0.240 e. The normalized spacial score (nSPS) is 11.9. The van der Waals surface area contributed by atoms with Crippen LogP contribution in [0.3, 0.4) is 0 Å². The Morgan fingerprint density at radius 2 is 2.00 bits per heavy atom. The van der Waals surface area contributed by atoms with Crippen LogP contribution in [0, 0.1) is 0 Å². The van der Waals surface area contributed by atoms with Crippen molar-refractivity contribution in [3.8, 4) is 5.75 Å². The summed E-state index contributed by atoms with van der Waals surface area (Å²) in [7, 11) is 1.62. The van der Waals surface area contributed by atoms with Crippen molar-refractivity contribution in [2.75, 3.05) is 25.6 Å². The Bertz CT molecular complexity index is 349. The van der Waals surface area contributed by atoms with Crippen LogP contribution in [0.5, 0.6) is 5.75 Å². The van der Waals surface area contributed by atoms with Crippen molar-refractivity contribution >= 4 is 11.6 Å². The highest BCUT2D eigenvalue weighted by Gasteiger charge is 2.06. The van der Waals surface area contributed by atoms with Gasteiger partial charge >= 0.3 is 0 Å². The average Bonchev–Trinajstić information content (AvgIpc) is 2.31. The van der Waals surface area contributed by atoms with E-state index in [1.54, 1.807) is 38.3 Å². The Morgan fingerprint density at radius 3 is 2.53 bits per heavy atom. The number of nitrogens with one attached hydrogen (secondary N) is 1. The number of hydrogen-bond acceptors (Lipinski definition) is 4. The molecule has 0 saturated carbocycles. The predicted molar refractivity (Wildman–Crippen MR) is 66.1 cm³/mol. The van der Waals surface area contributed by atoms with Crippen molar-refractivity contribution in [3.05, 3.63) is 24.3 Å². The van der Waals surface area contributed by atoms with Gasteiger partial charge in [0.1, 0.15) is 12.4 Å². The Labute approximate surface area is 101 Å². The Kier molecular flexibility index (Phi) is 5.45. The van der Waals surface area contributed by atoms with E-state index in [0.29, 0.717) is 18.9 Å². The van der Waals surface area contributed by atoms with Crippen LogP contribution in [-0.4, -0.2) is 32.3 Å². The molecule has 0 heterocycles. The molecule has 1 amide bonds. The van der Waals surface area contributed by atoms with Crippen LogP contribution in [-0.2, 0) is 9.53 Å². The lowest BCUT2D eigenvalue weighted by molar-refractivity contribution is -0.117. The maximum absolute atomic E-state index is 11.3. The lowest BCUT2D eigenvalue weighted by atomic mass is 10.2.